The minimum Gasteiger partial charge on any atom is -0.491 e. The zero-order valence-corrected chi connectivity index (χ0v) is 16.4. The zero-order chi connectivity index (χ0) is 19.0. The SMILES string of the molecule is CN(C)CCNC[C@H](O)COc1ccc(C(C)(C)c2ccccc2)cc1. The monoisotopic (exact) mass is 356 g/mol. The third-order valence-corrected chi connectivity index (χ3v) is 4.63. The number of rotatable bonds is 10. The Kier molecular flexibility index (Phi) is 7.64. The highest BCUT2D eigenvalue weighted by Gasteiger charge is 2.22. The topological polar surface area (TPSA) is 44.7 Å². The molecule has 2 rings (SSSR count). The Morgan fingerprint density at radius 1 is 1.00 bits per heavy atom. The van der Waals surface area contributed by atoms with Crippen molar-refractivity contribution >= 4 is 0 Å². The van der Waals surface area contributed by atoms with Gasteiger partial charge in [-0.2, -0.15) is 0 Å². The first-order chi connectivity index (χ1) is 12.4. The van der Waals surface area contributed by atoms with E-state index in [0.29, 0.717) is 6.54 Å². The van der Waals surface area contributed by atoms with Crippen molar-refractivity contribution < 1.29 is 9.84 Å². The predicted molar refractivity (Wildman–Crippen MR) is 108 cm³/mol. The summed E-state index contributed by atoms with van der Waals surface area (Å²) < 4.78 is 5.72. The summed E-state index contributed by atoms with van der Waals surface area (Å²) in [5.74, 6) is 0.782. The van der Waals surface area contributed by atoms with Gasteiger partial charge in [0.05, 0.1) is 0 Å². The highest BCUT2D eigenvalue weighted by atomic mass is 16.5. The van der Waals surface area contributed by atoms with Gasteiger partial charge < -0.3 is 20.1 Å². The highest BCUT2D eigenvalue weighted by Crippen LogP contribution is 2.32. The maximum Gasteiger partial charge on any atom is 0.119 e. The zero-order valence-electron chi connectivity index (χ0n) is 16.4. The maximum atomic E-state index is 10.0. The van der Waals surface area contributed by atoms with Gasteiger partial charge in [0.15, 0.2) is 0 Å². The standard InChI is InChI=1S/C22H32N2O2/c1-22(2,18-8-6-5-7-9-18)19-10-12-21(13-11-19)26-17-20(25)16-23-14-15-24(3)4/h5-13,20,23,25H,14-17H2,1-4H3/t20-/m0/s1. The average Bonchev–Trinajstić information content (AvgIpc) is 2.64. The molecule has 4 heteroatoms. The van der Waals surface area contributed by atoms with E-state index in [2.05, 4.69) is 60.5 Å². The molecule has 142 valence electrons. The fraction of sp³-hybridized carbons (Fsp3) is 0.455. The number of ether oxygens (including phenoxy) is 1. The molecule has 2 aromatic rings. The first-order valence-electron chi connectivity index (χ1n) is 9.22. The van der Waals surface area contributed by atoms with E-state index in [1.54, 1.807) is 0 Å². The Bertz CT molecular complexity index is 639. The van der Waals surface area contributed by atoms with E-state index in [0.717, 1.165) is 18.8 Å². The first kappa shape index (κ1) is 20.4. The molecule has 0 aromatic heterocycles. The van der Waals surface area contributed by atoms with Crippen molar-refractivity contribution in [2.24, 2.45) is 0 Å². The summed E-state index contributed by atoms with van der Waals surface area (Å²) in [7, 11) is 4.06. The average molecular weight is 357 g/mol. The molecule has 0 amide bonds. The van der Waals surface area contributed by atoms with Crippen molar-refractivity contribution in [3.05, 3.63) is 65.7 Å². The van der Waals surface area contributed by atoms with Crippen LogP contribution in [0.3, 0.4) is 0 Å². The molecule has 0 aliphatic rings. The van der Waals surface area contributed by atoms with Crippen LogP contribution in [-0.4, -0.2) is 56.4 Å². The number of likely N-dealkylation sites (N-methyl/N-ethyl adjacent to an activating group) is 1. The molecule has 0 saturated carbocycles. The fourth-order valence-electron chi connectivity index (χ4n) is 2.81. The number of benzene rings is 2. The Balaban J connectivity index is 1.84. The molecule has 0 aliphatic heterocycles. The molecule has 26 heavy (non-hydrogen) atoms. The van der Waals surface area contributed by atoms with E-state index in [9.17, 15) is 5.11 Å². The Labute approximate surface area is 157 Å². The van der Waals surface area contributed by atoms with E-state index in [1.807, 2.05) is 32.3 Å². The summed E-state index contributed by atoms with van der Waals surface area (Å²) in [5, 5.41) is 13.2. The second-order valence-corrected chi connectivity index (χ2v) is 7.49. The van der Waals surface area contributed by atoms with E-state index < -0.39 is 6.10 Å². The van der Waals surface area contributed by atoms with Crippen molar-refractivity contribution in [2.75, 3.05) is 40.3 Å². The van der Waals surface area contributed by atoms with E-state index >= 15 is 0 Å². The third kappa shape index (κ3) is 6.13. The smallest absolute Gasteiger partial charge is 0.119 e. The lowest BCUT2D eigenvalue weighted by Gasteiger charge is -2.26. The summed E-state index contributed by atoms with van der Waals surface area (Å²) >= 11 is 0. The van der Waals surface area contributed by atoms with Gasteiger partial charge in [0.25, 0.3) is 0 Å². The molecule has 0 spiro atoms. The number of nitrogens with zero attached hydrogens (tertiary/aromatic N) is 1. The van der Waals surface area contributed by atoms with Crippen LogP contribution in [0, 0.1) is 0 Å². The molecule has 0 fully saturated rings. The van der Waals surface area contributed by atoms with Gasteiger partial charge in [0.2, 0.25) is 0 Å². The van der Waals surface area contributed by atoms with Crippen molar-refractivity contribution in [3.63, 3.8) is 0 Å². The largest absolute Gasteiger partial charge is 0.491 e. The number of hydrogen-bond donors (Lipinski definition) is 2. The van der Waals surface area contributed by atoms with Crippen LogP contribution in [0.1, 0.15) is 25.0 Å². The molecule has 0 unspecified atom stereocenters. The Morgan fingerprint density at radius 2 is 1.62 bits per heavy atom. The number of hydrogen-bond acceptors (Lipinski definition) is 4. The van der Waals surface area contributed by atoms with Crippen LogP contribution in [0.2, 0.25) is 0 Å². The van der Waals surface area contributed by atoms with Crippen molar-refractivity contribution in [3.8, 4) is 5.75 Å². The second kappa shape index (κ2) is 9.72. The summed E-state index contributed by atoms with van der Waals surface area (Å²) in [6.07, 6.45) is -0.516. The van der Waals surface area contributed by atoms with Gasteiger partial charge in [-0.05, 0) is 37.4 Å². The lowest BCUT2D eigenvalue weighted by molar-refractivity contribution is 0.106. The van der Waals surface area contributed by atoms with Crippen LogP contribution in [0.4, 0.5) is 0 Å². The van der Waals surface area contributed by atoms with Crippen LogP contribution in [0.5, 0.6) is 5.75 Å². The van der Waals surface area contributed by atoms with Crippen LogP contribution < -0.4 is 10.1 Å². The van der Waals surface area contributed by atoms with Gasteiger partial charge >= 0.3 is 0 Å². The minimum atomic E-state index is -0.516. The van der Waals surface area contributed by atoms with Gasteiger partial charge in [-0.3, -0.25) is 0 Å². The van der Waals surface area contributed by atoms with E-state index in [4.69, 9.17) is 4.74 Å². The Morgan fingerprint density at radius 3 is 2.23 bits per heavy atom. The molecule has 2 N–H and O–H groups in total. The van der Waals surface area contributed by atoms with Crippen LogP contribution >= 0.6 is 0 Å². The molecule has 1 atom stereocenters. The molecule has 0 bridgehead atoms. The molecule has 0 heterocycles. The lowest BCUT2D eigenvalue weighted by Crippen LogP contribution is -2.35. The summed E-state index contributed by atoms with van der Waals surface area (Å²) in [6.45, 7) is 7.08. The van der Waals surface area contributed by atoms with Gasteiger partial charge in [-0.1, -0.05) is 56.3 Å². The van der Waals surface area contributed by atoms with Crippen molar-refractivity contribution in [1.29, 1.82) is 0 Å². The van der Waals surface area contributed by atoms with Gasteiger partial charge in [0, 0.05) is 25.0 Å². The molecule has 0 saturated heterocycles. The summed E-state index contributed by atoms with van der Waals surface area (Å²) in [6, 6.07) is 18.7. The maximum absolute atomic E-state index is 10.0. The summed E-state index contributed by atoms with van der Waals surface area (Å²) in [5.41, 5.74) is 2.46. The number of aliphatic hydroxyl groups is 1. The molecule has 2 aromatic carbocycles. The third-order valence-electron chi connectivity index (χ3n) is 4.63. The number of aliphatic hydroxyl groups excluding tert-OH is 1. The first-order valence-corrected chi connectivity index (χ1v) is 9.22. The molecular weight excluding hydrogens is 324 g/mol. The quantitative estimate of drug-likeness (QED) is 0.643. The van der Waals surface area contributed by atoms with Crippen LogP contribution in [0.25, 0.3) is 0 Å². The normalized spacial score (nSPS) is 13.0. The molecular formula is C22H32N2O2. The molecule has 0 aliphatic carbocycles. The lowest BCUT2D eigenvalue weighted by atomic mass is 9.78. The van der Waals surface area contributed by atoms with Crippen LogP contribution in [0.15, 0.2) is 54.6 Å². The highest BCUT2D eigenvalue weighted by molar-refractivity contribution is 5.39. The minimum absolute atomic E-state index is 0.0599. The van der Waals surface area contributed by atoms with Gasteiger partial charge in [0.1, 0.15) is 18.5 Å². The van der Waals surface area contributed by atoms with E-state index in [-0.39, 0.29) is 12.0 Å². The van der Waals surface area contributed by atoms with Gasteiger partial charge in [-0.15, -0.1) is 0 Å². The number of nitrogens with one attached hydrogen (secondary N) is 1. The Hall–Kier alpha value is -1.88. The second-order valence-electron chi connectivity index (χ2n) is 7.49. The molecule has 4 nitrogen and oxygen atoms in total. The van der Waals surface area contributed by atoms with Crippen molar-refractivity contribution in [2.45, 2.75) is 25.4 Å². The van der Waals surface area contributed by atoms with Gasteiger partial charge in [-0.25, -0.2) is 0 Å². The molecule has 0 radical (unpaired) electrons. The summed E-state index contributed by atoms with van der Waals surface area (Å²) in [4.78, 5) is 2.11. The van der Waals surface area contributed by atoms with E-state index in [1.165, 1.54) is 11.1 Å². The van der Waals surface area contributed by atoms with Crippen molar-refractivity contribution in [1.82, 2.24) is 10.2 Å². The predicted octanol–water partition coefficient (Wildman–Crippen LogP) is 2.90. The fourth-order valence-corrected chi connectivity index (χ4v) is 2.81. The van der Waals surface area contributed by atoms with Crippen LogP contribution in [-0.2, 0) is 5.41 Å².